The summed E-state index contributed by atoms with van der Waals surface area (Å²) in [6.07, 6.45) is 0. The van der Waals surface area contributed by atoms with Crippen LogP contribution < -0.4 is 10.6 Å². The average Bonchev–Trinajstić information content (AvgIpc) is 2.92. The molecule has 5 nitrogen and oxygen atoms in total. The molecule has 0 saturated carbocycles. The smallest absolute Gasteiger partial charge is 0.216 e. The van der Waals surface area contributed by atoms with Crippen LogP contribution in [0, 0.1) is 19.7 Å². The van der Waals surface area contributed by atoms with Gasteiger partial charge in [0.25, 0.3) is 0 Å². The quantitative estimate of drug-likeness (QED) is 0.252. The van der Waals surface area contributed by atoms with Crippen LogP contribution >= 0.6 is 35.7 Å². The van der Waals surface area contributed by atoms with E-state index >= 15 is 0 Å². The van der Waals surface area contributed by atoms with Crippen molar-refractivity contribution in [2.75, 3.05) is 18.8 Å². The third-order valence-corrected chi connectivity index (χ3v) is 4.55. The monoisotopic (exact) mass is 492 g/mol. The predicted molar refractivity (Wildman–Crippen MR) is 117 cm³/mol. The predicted octanol–water partition coefficient (Wildman–Crippen LogP) is 4.04. The van der Waals surface area contributed by atoms with Gasteiger partial charge in [0.15, 0.2) is 5.96 Å². The number of benzene rings is 1. The maximum Gasteiger partial charge on any atom is 0.216 e. The number of hydrogen-bond donors (Lipinski definition) is 2. The Morgan fingerprint density at radius 2 is 2.04 bits per heavy atom. The molecule has 2 aromatic rings. The highest BCUT2D eigenvalue weighted by Crippen LogP contribution is 2.14. The Morgan fingerprint density at radius 1 is 1.27 bits per heavy atom. The lowest BCUT2D eigenvalue weighted by molar-refractivity contribution is 0.473. The SMILES string of the molecule is CCNC(=NCc1nc(C)c(C)o1)NCCSCc1ccccc1F.I. The summed E-state index contributed by atoms with van der Waals surface area (Å²) in [6, 6.07) is 6.89. The van der Waals surface area contributed by atoms with E-state index in [1.807, 2.05) is 32.9 Å². The van der Waals surface area contributed by atoms with Crippen molar-refractivity contribution in [1.82, 2.24) is 15.6 Å². The van der Waals surface area contributed by atoms with E-state index < -0.39 is 0 Å². The summed E-state index contributed by atoms with van der Waals surface area (Å²) in [7, 11) is 0. The van der Waals surface area contributed by atoms with Crippen molar-refractivity contribution in [2.45, 2.75) is 33.1 Å². The molecule has 0 bridgehead atoms. The van der Waals surface area contributed by atoms with Gasteiger partial charge >= 0.3 is 0 Å². The van der Waals surface area contributed by atoms with Gasteiger partial charge in [-0.3, -0.25) is 0 Å². The highest BCUT2D eigenvalue weighted by molar-refractivity contribution is 14.0. The van der Waals surface area contributed by atoms with Crippen molar-refractivity contribution in [3.8, 4) is 0 Å². The Balaban J connectivity index is 0.00000338. The van der Waals surface area contributed by atoms with E-state index in [1.54, 1.807) is 17.8 Å². The lowest BCUT2D eigenvalue weighted by Gasteiger charge is -2.10. The molecule has 0 unspecified atom stereocenters. The summed E-state index contributed by atoms with van der Waals surface area (Å²) in [5.74, 6) is 3.54. The van der Waals surface area contributed by atoms with Crippen LogP contribution in [0.1, 0.15) is 29.8 Å². The van der Waals surface area contributed by atoms with Crippen LogP contribution in [-0.4, -0.2) is 29.8 Å². The third kappa shape index (κ3) is 7.53. The number of aliphatic imine (C=N–C) groups is 1. The fraction of sp³-hybridized carbons (Fsp3) is 0.444. The largest absolute Gasteiger partial charge is 0.444 e. The van der Waals surface area contributed by atoms with Crippen LogP contribution in [-0.2, 0) is 12.3 Å². The Morgan fingerprint density at radius 3 is 2.69 bits per heavy atom. The molecule has 144 valence electrons. The van der Waals surface area contributed by atoms with Crippen LogP contribution in [0.3, 0.4) is 0 Å². The molecule has 0 fully saturated rings. The molecule has 2 rings (SSSR count). The lowest BCUT2D eigenvalue weighted by Crippen LogP contribution is -2.38. The zero-order chi connectivity index (χ0) is 18.1. The lowest BCUT2D eigenvalue weighted by atomic mass is 10.2. The molecular formula is C18H26FIN4OS. The zero-order valence-corrected chi connectivity index (χ0v) is 18.5. The number of oxazole rings is 1. The number of nitrogens with zero attached hydrogens (tertiary/aromatic N) is 2. The van der Waals surface area contributed by atoms with Gasteiger partial charge in [0.05, 0.1) is 5.69 Å². The van der Waals surface area contributed by atoms with Crippen molar-refractivity contribution in [1.29, 1.82) is 0 Å². The first-order valence-corrected chi connectivity index (χ1v) is 9.52. The summed E-state index contributed by atoms with van der Waals surface area (Å²) in [6.45, 7) is 7.75. The van der Waals surface area contributed by atoms with Gasteiger partial charge in [-0.1, -0.05) is 18.2 Å². The van der Waals surface area contributed by atoms with E-state index in [2.05, 4.69) is 20.6 Å². The Hall–Kier alpha value is -1.29. The summed E-state index contributed by atoms with van der Waals surface area (Å²) < 4.78 is 19.1. The van der Waals surface area contributed by atoms with Crippen LogP contribution in [0.25, 0.3) is 0 Å². The molecule has 0 aliphatic carbocycles. The van der Waals surface area contributed by atoms with E-state index in [0.717, 1.165) is 41.8 Å². The molecule has 1 aromatic carbocycles. The van der Waals surface area contributed by atoms with Crippen molar-refractivity contribution >= 4 is 41.7 Å². The molecule has 0 aliphatic rings. The van der Waals surface area contributed by atoms with Gasteiger partial charge in [-0.25, -0.2) is 14.4 Å². The molecule has 8 heteroatoms. The minimum Gasteiger partial charge on any atom is -0.444 e. The molecule has 0 radical (unpaired) electrons. The molecule has 1 aromatic heterocycles. The fourth-order valence-electron chi connectivity index (χ4n) is 2.13. The van der Waals surface area contributed by atoms with Gasteiger partial charge in [-0.2, -0.15) is 11.8 Å². The van der Waals surface area contributed by atoms with E-state index in [-0.39, 0.29) is 29.8 Å². The average molecular weight is 492 g/mol. The van der Waals surface area contributed by atoms with Crippen LogP contribution in [0.15, 0.2) is 33.7 Å². The van der Waals surface area contributed by atoms with Crippen molar-refractivity contribution < 1.29 is 8.81 Å². The second-order valence-electron chi connectivity index (χ2n) is 5.52. The number of rotatable bonds is 8. The molecule has 0 amide bonds. The number of hydrogen-bond acceptors (Lipinski definition) is 4. The molecule has 0 atom stereocenters. The molecule has 1 heterocycles. The highest BCUT2D eigenvalue weighted by atomic mass is 127. The molecular weight excluding hydrogens is 466 g/mol. The number of aromatic nitrogens is 1. The van der Waals surface area contributed by atoms with E-state index in [9.17, 15) is 4.39 Å². The first-order chi connectivity index (χ1) is 12.1. The second-order valence-corrected chi connectivity index (χ2v) is 6.62. The van der Waals surface area contributed by atoms with Crippen LogP contribution in [0.5, 0.6) is 0 Å². The van der Waals surface area contributed by atoms with E-state index in [4.69, 9.17) is 4.42 Å². The maximum atomic E-state index is 13.5. The number of aryl methyl sites for hydroxylation is 2. The Bertz CT molecular complexity index is 689. The molecule has 0 saturated heterocycles. The van der Waals surface area contributed by atoms with Gasteiger partial charge in [-0.15, -0.1) is 24.0 Å². The number of nitrogens with one attached hydrogen (secondary N) is 2. The molecule has 2 N–H and O–H groups in total. The highest BCUT2D eigenvalue weighted by Gasteiger charge is 2.05. The Kier molecular flexibility index (Phi) is 10.6. The van der Waals surface area contributed by atoms with Gasteiger partial charge in [0, 0.05) is 24.6 Å². The third-order valence-electron chi connectivity index (χ3n) is 3.54. The first kappa shape index (κ1) is 22.8. The van der Waals surface area contributed by atoms with Gasteiger partial charge < -0.3 is 15.1 Å². The fourth-order valence-corrected chi connectivity index (χ4v) is 2.98. The number of guanidine groups is 1. The number of thioether (sulfide) groups is 1. The summed E-state index contributed by atoms with van der Waals surface area (Å²) in [5, 5.41) is 6.46. The molecule has 26 heavy (non-hydrogen) atoms. The van der Waals surface area contributed by atoms with E-state index in [1.165, 1.54) is 6.07 Å². The van der Waals surface area contributed by atoms with Crippen molar-refractivity contribution in [2.24, 2.45) is 4.99 Å². The standard InChI is InChI=1S/C18H25FN4OS.HI/c1-4-20-18(22-11-17-23-13(2)14(3)24-17)21-9-10-25-12-15-7-5-6-8-16(15)19;/h5-8H,4,9-12H2,1-3H3,(H2,20,21,22);1H. The van der Waals surface area contributed by atoms with Crippen LogP contribution in [0.4, 0.5) is 4.39 Å². The molecule has 0 aliphatic heterocycles. The minimum atomic E-state index is -0.144. The van der Waals surface area contributed by atoms with Crippen LogP contribution in [0.2, 0.25) is 0 Å². The summed E-state index contributed by atoms with van der Waals surface area (Å²) >= 11 is 1.68. The zero-order valence-electron chi connectivity index (χ0n) is 15.3. The van der Waals surface area contributed by atoms with E-state index in [0.29, 0.717) is 18.2 Å². The van der Waals surface area contributed by atoms with Gasteiger partial charge in [-0.05, 0) is 32.4 Å². The topological polar surface area (TPSA) is 62.5 Å². The van der Waals surface area contributed by atoms with Crippen molar-refractivity contribution in [3.63, 3.8) is 0 Å². The summed E-state index contributed by atoms with van der Waals surface area (Å²) in [5.41, 5.74) is 1.63. The maximum absolute atomic E-state index is 13.5. The van der Waals surface area contributed by atoms with Gasteiger partial charge in [0.1, 0.15) is 18.1 Å². The second kappa shape index (κ2) is 12.2. The summed E-state index contributed by atoms with van der Waals surface area (Å²) in [4.78, 5) is 8.80. The minimum absolute atomic E-state index is 0. The molecule has 0 spiro atoms. The first-order valence-electron chi connectivity index (χ1n) is 8.36. The Labute approximate surface area is 175 Å². The van der Waals surface area contributed by atoms with Gasteiger partial charge in [0.2, 0.25) is 5.89 Å². The van der Waals surface area contributed by atoms with Crippen molar-refractivity contribution in [3.05, 3.63) is 53.0 Å². The normalized spacial score (nSPS) is 11.2. The number of halogens is 2.